The van der Waals surface area contributed by atoms with Crippen LogP contribution in [0.3, 0.4) is 0 Å². The fourth-order valence-electron chi connectivity index (χ4n) is 2.02. The zero-order valence-corrected chi connectivity index (χ0v) is 14.2. The summed E-state index contributed by atoms with van der Waals surface area (Å²) in [6.07, 6.45) is 2.25. The van der Waals surface area contributed by atoms with Crippen molar-refractivity contribution in [3.8, 4) is 11.6 Å². The average Bonchev–Trinajstić information content (AvgIpc) is 2.58. The summed E-state index contributed by atoms with van der Waals surface area (Å²) in [6, 6.07) is 5.99. The molecule has 2 aromatic rings. The van der Waals surface area contributed by atoms with E-state index in [1.807, 2.05) is 6.92 Å². The Hall–Kier alpha value is -2.34. The molecule has 0 aliphatic rings. The number of benzene rings is 1. The molecule has 7 heteroatoms. The number of hydrogen-bond donors (Lipinski definition) is 1. The highest BCUT2D eigenvalue weighted by Crippen LogP contribution is 2.24. The van der Waals surface area contributed by atoms with E-state index in [0.29, 0.717) is 12.2 Å². The minimum atomic E-state index is -0.490. The lowest BCUT2D eigenvalue weighted by molar-refractivity contribution is 0.0946. The summed E-state index contributed by atoms with van der Waals surface area (Å²) in [6.45, 7) is 2.51. The Labute approximate surface area is 144 Å². The smallest absolute Gasteiger partial charge is 0.258 e. The summed E-state index contributed by atoms with van der Waals surface area (Å²) in [5, 5.41) is 2.93. The maximum Gasteiger partial charge on any atom is 0.258 e. The van der Waals surface area contributed by atoms with Gasteiger partial charge >= 0.3 is 0 Å². The van der Waals surface area contributed by atoms with Gasteiger partial charge in [-0.15, -0.1) is 0 Å². The van der Waals surface area contributed by atoms with E-state index < -0.39 is 11.7 Å². The van der Waals surface area contributed by atoms with Gasteiger partial charge in [0.25, 0.3) is 5.91 Å². The van der Waals surface area contributed by atoms with Gasteiger partial charge in [-0.25, -0.2) is 9.37 Å². The van der Waals surface area contributed by atoms with Gasteiger partial charge in [-0.05, 0) is 30.2 Å². The van der Waals surface area contributed by atoms with Crippen molar-refractivity contribution in [1.82, 2.24) is 10.3 Å². The van der Waals surface area contributed by atoms with Gasteiger partial charge in [0, 0.05) is 12.7 Å². The third kappa shape index (κ3) is 4.35. The molecule has 1 aromatic carbocycles. The second-order valence-corrected chi connectivity index (χ2v) is 5.38. The summed E-state index contributed by atoms with van der Waals surface area (Å²) in [5.74, 6) is -0.593. The molecule has 0 atom stereocenters. The molecular weight excluding hydrogens is 335 g/mol. The Morgan fingerprint density at radius 3 is 2.83 bits per heavy atom. The summed E-state index contributed by atoms with van der Waals surface area (Å²) < 4.78 is 24.0. The topological polar surface area (TPSA) is 60.5 Å². The average molecular weight is 353 g/mol. The van der Waals surface area contributed by atoms with Gasteiger partial charge in [0.05, 0.1) is 18.7 Å². The zero-order valence-electron chi connectivity index (χ0n) is 13.4. The molecule has 0 bridgehead atoms. The van der Waals surface area contributed by atoms with Crippen LogP contribution in [0, 0.1) is 5.82 Å². The molecule has 1 N–H and O–H groups in total. The number of hydrogen-bond acceptors (Lipinski definition) is 4. The Kier molecular flexibility index (Phi) is 6.37. The summed E-state index contributed by atoms with van der Waals surface area (Å²) in [4.78, 5) is 16.4. The second kappa shape index (κ2) is 8.49. The standard InChI is InChI=1S/C17H18ClFN2O3/c1-3-8-24-17-15(12(18)6-7-20-17)16(22)21-10-11-4-5-14(23-2)13(19)9-11/h4-7,9H,3,8,10H2,1-2H3,(H,21,22). The number of carbonyl (C=O) groups is 1. The first kappa shape index (κ1) is 18.0. The number of rotatable bonds is 7. The molecule has 5 nitrogen and oxygen atoms in total. The first-order chi connectivity index (χ1) is 11.6. The molecule has 0 fully saturated rings. The van der Waals surface area contributed by atoms with Crippen LogP contribution in [0.4, 0.5) is 4.39 Å². The molecule has 0 aliphatic carbocycles. The van der Waals surface area contributed by atoms with Gasteiger partial charge in [0.15, 0.2) is 11.6 Å². The number of halogens is 2. The van der Waals surface area contributed by atoms with E-state index >= 15 is 0 Å². The monoisotopic (exact) mass is 352 g/mol. The lowest BCUT2D eigenvalue weighted by atomic mass is 10.2. The highest BCUT2D eigenvalue weighted by atomic mass is 35.5. The van der Waals surface area contributed by atoms with Crippen LogP contribution < -0.4 is 14.8 Å². The predicted molar refractivity (Wildman–Crippen MR) is 89.2 cm³/mol. The van der Waals surface area contributed by atoms with Crippen LogP contribution in [0.5, 0.6) is 11.6 Å². The minimum Gasteiger partial charge on any atom is -0.494 e. The van der Waals surface area contributed by atoms with Crippen molar-refractivity contribution in [3.63, 3.8) is 0 Å². The lowest BCUT2D eigenvalue weighted by Gasteiger charge is -2.12. The van der Waals surface area contributed by atoms with E-state index in [2.05, 4.69) is 10.3 Å². The normalized spacial score (nSPS) is 10.3. The van der Waals surface area contributed by atoms with Gasteiger partial charge in [-0.3, -0.25) is 4.79 Å². The molecule has 0 unspecified atom stereocenters. The number of amides is 1. The van der Waals surface area contributed by atoms with Crippen molar-refractivity contribution in [3.05, 3.63) is 52.4 Å². The molecule has 0 radical (unpaired) electrons. The van der Waals surface area contributed by atoms with E-state index in [-0.39, 0.29) is 28.8 Å². The molecule has 1 aromatic heterocycles. The fourth-order valence-corrected chi connectivity index (χ4v) is 2.25. The number of nitrogens with zero attached hydrogens (tertiary/aromatic N) is 1. The van der Waals surface area contributed by atoms with Crippen LogP contribution in [0.15, 0.2) is 30.5 Å². The summed E-state index contributed by atoms with van der Waals surface area (Å²) in [7, 11) is 1.39. The molecule has 1 amide bonds. The Balaban J connectivity index is 2.11. The van der Waals surface area contributed by atoms with Crippen LogP contribution in [0.25, 0.3) is 0 Å². The third-order valence-corrected chi connectivity index (χ3v) is 3.52. The van der Waals surface area contributed by atoms with Gasteiger partial charge < -0.3 is 14.8 Å². The molecule has 0 saturated carbocycles. The van der Waals surface area contributed by atoms with Crippen molar-refractivity contribution in [1.29, 1.82) is 0 Å². The summed E-state index contributed by atoms with van der Waals surface area (Å²) in [5.41, 5.74) is 0.763. The van der Waals surface area contributed by atoms with E-state index in [1.54, 1.807) is 6.07 Å². The largest absolute Gasteiger partial charge is 0.494 e. The Morgan fingerprint density at radius 2 is 2.17 bits per heavy atom. The number of nitrogens with one attached hydrogen (secondary N) is 1. The fraction of sp³-hybridized carbons (Fsp3) is 0.294. The van der Waals surface area contributed by atoms with Crippen molar-refractivity contribution in [2.45, 2.75) is 19.9 Å². The van der Waals surface area contributed by atoms with E-state index in [9.17, 15) is 9.18 Å². The molecule has 0 saturated heterocycles. The molecule has 1 heterocycles. The third-order valence-electron chi connectivity index (χ3n) is 3.20. The van der Waals surface area contributed by atoms with Crippen molar-refractivity contribution >= 4 is 17.5 Å². The van der Waals surface area contributed by atoms with Gasteiger partial charge in [-0.2, -0.15) is 0 Å². The predicted octanol–water partition coefficient (Wildman–Crippen LogP) is 3.60. The van der Waals surface area contributed by atoms with Crippen molar-refractivity contribution < 1.29 is 18.7 Å². The molecular formula is C17H18ClFN2O3. The first-order valence-electron chi connectivity index (χ1n) is 7.44. The minimum absolute atomic E-state index is 0.137. The van der Waals surface area contributed by atoms with Crippen LogP contribution in [-0.4, -0.2) is 24.6 Å². The maximum atomic E-state index is 13.7. The highest BCUT2D eigenvalue weighted by molar-refractivity contribution is 6.34. The zero-order chi connectivity index (χ0) is 17.5. The van der Waals surface area contributed by atoms with Crippen LogP contribution in [-0.2, 0) is 6.54 Å². The number of pyridine rings is 1. The van der Waals surface area contributed by atoms with Crippen LogP contribution in [0.1, 0.15) is 29.3 Å². The number of ether oxygens (including phenoxy) is 2. The van der Waals surface area contributed by atoms with E-state index in [0.717, 1.165) is 6.42 Å². The molecule has 2 rings (SSSR count). The van der Waals surface area contributed by atoms with E-state index in [1.165, 1.54) is 31.5 Å². The van der Waals surface area contributed by atoms with Crippen molar-refractivity contribution in [2.75, 3.05) is 13.7 Å². The summed E-state index contributed by atoms with van der Waals surface area (Å²) >= 11 is 6.09. The number of carbonyl (C=O) groups excluding carboxylic acids is 1. The van der Waals surface area contributed by atoms with Crippen LogP contribution >= 0.6 is 11.6 Å². The first-order valence-corrected chi connectivity index (χ1v) is 7.82. The Bertz CT molecular complexity index is 725. The van der Waals surface area contributed by atoms with E-state index in [4.69, 9.17) is 21.1 Å². The Morgan fingerprint density at radius 1 is 1.38 bits per heavy atom. The number of aromatic nitrogens is 1. The van der Waals surface area contributed by atoms with Crippen molar-refractivity contribution in [2.24, 2.45) is 0 Å². The number of methoxy groups -OCH3 is 1. The van der Waals surface area contributed by atoms with Gasteiger partial charge in [-0.1, -0.05) is 24.6 Å². The van der Waals surface area contributed by atoms with Gasteiger partial charge in [0.1, 0.15) is 5.56 Å². The second-order valence-electron chi connectivity index (χ2n) is 4.97. The van der Waals surface area contributed by atoms with Crippen LogP contribution in [0.2, 0.25) is 5.02 Å². The lowest BCUT2D eigenvalue weighted by Crippen LogP contribution is -2.24. The van der Waals surface area contributed by atoms with Gasteiger partial charge in [0.2, 0.25) is 5.88 Å². The quantitative estimate of drug-likeness (QED) is 0.827. The highest BCUT2D eigenvalue weighted by Gasteiger charge is 2.18. The molecule has 0 aliphatic heterocycles. The molecule has 24 heavy (non-hydrogen) atoms. The molecule has 0 spiro atoms. The molecule has 128 valence electrons. The maximum absolute atomic E-state index is 13.7. The SMILES string of the molecule is CCCOc1nccc(Cl)c1C(=O)NCc1ccc(OC)c(F)c1.